The molecular formula is C19H26N4O2S. The molecule has 2 aliphatic carbocycles. The maximum atomic E-state index is 11.1. The van der Waals surface area contributed by atoms with Crippen molar-refractivity contribution in [3.8, 4) is 10.4 Å². The lowest BCUT2D eigenvalue weighted by atomic mass is 9.85. The third kappa shape index (κ3) is 4.34. The second kappa shape index (κ2) is 7.50. The quantitative estimate of drug-likeness (QED) is 0.706. The zero-order valence-electron chi connectivity index (χ0n) is 15.1. The summed E-state index contributed by atoms with van der Waals surface area (Å²) in [5, 5.41) is 17.0. The van der Waals surface area contributed by atoms with Gasteiger partial charge in [0.1, 0.15) is 0 Å². The maximum absolute atomic E-state index is 11.1. The molecule has 0 spiro atoms. The van der Waals surface area contributed by atoms with E-state index in [2.05, 4.69) is 27.4 Å². The van der Waals surface area contributed by atoms with Crippen LogP contribution in [0.3, 0.4) is 0 Å². The van der Waals surface area contributed by atoms with Crippen molar-refractivity contribution in [2.75, 3.05) is 13.1 Å². The van der Waals surface area contributed by atoms with Crippen LogP contribution in [0.5, 0.6) is 0 Å². The Kier molecular flexibility index (Phi) is 5.11. The minimum absolute atomic E-state index is 0.188. The van der Waals surface area contributed by atoms with Crippen LogP contribution in [-0.2, 0) is 18.4 Å². The minimum Gasteiger partial charge on any atom is -0.480 e. The molecule has 2 aromatic rings. The normalized spacial score (nSPS) is 22.5. The second-order valence-corrected chi connectivity index (χ2v) is 8.81. The van der Waals surface area contributed by atoms with Gasteiger partial charge in [0.05, 0.1) is 12.7 Å². The number of carboxylic acid groups (broad SMARTS) is 1. The summed E-state index contributed by atoms with van der Waals surface area (Å²) in [6.07, 6.45) is 8.58. The van der Waals surface area contributed by atoms with Crippen molar-refractivity contribution >= 4 is 17.3 Å². The van der Waals surface area contributed by atoms with Gasteiger partial charge in [-0.15, -0.1) is 11.3 Å². The number of aliphatic carboxylic acids is 1. The van der Waals surface area contributed by atoms with Crippen molar-refractivity contribution in [2.24, 2.45) is 13.0 Å². The average Bonchev–Trinajstić information content (AvgIpc) is 3.05. The number of carboxylic acids is 1. The van der Waals surface area contributed by atoms with Crippen LogP contribution in [0.1, 0.15) is 30.6 Å². The summed E-state index contributed by atoms with van der Waals surface area (Å²) in [6, 6.07) is 5.27. The van der Waals surface area contributed by atoms with Gasteiger partial charge < -0.3 is 10.4 Å². The first-order chi connectivity index (χ1) is 12.6. The smallest absolute Gasteiger partial charge is 0.317 e. The molecule has 0 atom stereocenters. The number of rotatable bonds is 9. The Labute approximate surface area is 157 Å². The Hall–Kier alpha value is -1.70. The lowest BCUT2D eigenvalue weighted by Gasteiger charge is -2.43. The van der Waals surface area contributed by atoms with Crippen molar-refractivity contribution in [1.82, 2.24) is 20.0 Å². The van der Waals surface area contributed by atoms with Gasteiger partial charge in [0.2, 0.25) is 0 Å². The van der Waals surface area contributed by atoms with E-state index in [0.717, 1.165) is 37.4 Å². The summed E-state index contributed by atoms with van der Waals surface area (Å²) in [6.45, 7) is 2.03. The lowest BCUT2D eigenvalue weighted by molar-refractivity contribution is -0.139. The number of thiophene rings is 1. The summed E-state index contributed by atoms with van der Waals surface area (Å²) in [4.78, 5) is 15.9. The number of hydrogen-bond donors (Lipinski definition) is 2. The Morgan fingerprint density at radius 3 is 2.88 bits per heavy atom. The summed E-state index contributed by atoms with van der Waals surface area (Å²) < 4.78 is 1.83. The summed E-state index contributed by atoms with van der Waals surface area (Å²) in [5.74, 6) is 0.0296. The van der Waals surface area contributed by atoms with E-state index in [4.69, 9.17) is 5.11 Å². The van der Waals surface area contributed by atoms with Crippen LogP contribution in [0.4, 0.5) is 0 Å². The third-order valence-corrected chi connectivity index (χ3v) is 6.51. The van der Waals surface area contributed by atoms with Gasteiger partial charge in [-0.3, -0.25) is 14.4 Å². The first kappa shape index (κ1) is 17.7. The van der Waals surface area contributed by atoms with E-state index in [9.17, 15) is 4.79 Å². The van der Waals surface area contributed by atoms with Crippen LogP contribution in [0.25, 0.3) is 10.4 Å². The highest BCUT2D eigenvalue weighted by Crippen LogP contribution is 2.34. The van der Waals surface area contributed by atoms with Gasteiger partial charge in [0.25, 0.3) is 0 Å². The number of aryl methyl sites for hydroxylation is 1. The van der Waals surface area contributed by atoms with Gasteiger partial charge in [0.15, 0.2) is 0 Å². The lowest BCUT2D eigenvalue weighted by Crippen LogP contribution is -2.54. The number of nitrogens with zero attached hydrogens (tertiary/aromatic N) is 3. The zero-order valence-corrected chi connectivity index (χ0v) is 15.9. The summed E-state index contributed by atoms with van der Waals surface area (Å²) in [5.41, 5.74) is 1.16. The molecule has 0 unspecified atom stereocenters. The molecule has 0 bridgehead atoms. The molecule has 0 aliphatic heterocycles. The SMILES string of the molecule is Cn1cc(-c2ccc(CNC3CC(N(CC(=O)O)CC4CC4)C3)s2)cn1. The topological polar surface area (TPSA) is 70.4 Å². The number of hydrogen-bond acceptors (Lipinski definition) is 5. The fraction of sp³-hybridized carbons (Fsp3) is 0.579. The molecule has 0 amide bonds. The monoisotopic (exact) mass is 374 g/mol. The molecule has 0 radical (unpaired) electrons. The van der Waals surface area contributed by atoms with Gasteiger partial charge >= 0.3 is 5.97 Å². The van der Waals surface area contributed by atoms with Crippen LogP contribution in [0.15, 0.2) is 24.5 Å². The van der Waals surface area contributed by atoms with Gasteiger partial charge in [-0.25, -0.2) is 0 Å². The highest BCUT2D eigenvalue weighted by molar-refractivity contribution is 7.15. The molecule has 7 heteroatoms. The van der Waals surface area contributed by atoms with E-state index in [1.165, 1.54) is 22.6 Å². The van der Waals surface area contributed by atoms with Gasteiger partial charge in [-0.05, 0) is 43.7 Å². The standard InChI is InChI=1S/C19H26N4O2S/c1-22-11-14(8-21-22)18-5-4-17(26-18)9-20-15-6-16(7-15)23(12-19(24)25)10-13-2-3-13/h4-5,8,11,13,15-16,20H,2-3,6-7,9-10,12H2,1H3,(H,24,25). The number of carbonyl (C=O) groups is 1. The Morgan fingerprint density at radius 1 is 1.42 bits per heavy atom. The van der Waals surface area contributed by atoms with Crippen molar-refractivity contribution in [3.05, 3.63) is 29.4 Å². The predicted octanol–water partition coefficient (Wildman–Crippen LogP) is 2.57. The van der Waals surface area contributed by atoms with E-state index in [1.54, 1.807) is 11.3 Å². The van der Waals surface area contributed by atoms with Gasteiger partial charge in [0, 0.05) is 53.7 Å². The Balaban J connectivity index is 1.24. The van der Waals surface area contributed by atoms with Crippen LogP contribution in [0, 0.1) is 5.92 Å². The molecular weight excluding hydrogens is 348 g/mol. The molecule has 2 heterocycles. The molecule has 2 fully saturated rings. The Bertz CT molecular complexity index is 761. The number of aromatic nitrogens is 2. The first-order valence-electron chi connectivity index (χ1n) is 9.34. The summed E-state index contributed by atoms with van der Waals surface area (Å²) >= 11 is 1.80. The molecule has 140 valence electrons. The molecule has 0 saturated heterocycles. The van der Waals surface area contributed by atoms with Crippen LogP contribution < -0.4 is 5.32 Å². The predicted molar refractivity (Wildman–Crippen MR) is 102 cm³/mol. The number of nitrogens with one attached hydrogen (secondary N) is 1. The second-order valence-electron chi connectivity index (χ2n) is 7.64. The molecule has 0 aromatic carbocycles. The Morgan fingerprint density at radius 2 is 2.23 bits per heavy atom. The molecule has 2 aromatic heterocycles. The molecule has 2 saturated carbocycles. The summed E-state index contributed by atoms with van der Waals surface area (Å²) in [7, 11) is 1.93. The van der Waals surface area contributed by atoms with E-state index in [0.29, 0.717) is 12.1 Å². The highest BCUT2D eigenvalue weighted by atomic mass is 32.1. The minimum atomic E-state index is -0.705. The third-order valence-electron chi connectivity index (χ3n) is 5.37. The molecule has 4 rings (SSSR count). The van der Waals surface area contributed by atoms with E-state index >= 15 is 0 Å². The van der Waals surface area contributed by atoms with Crippen LogP contribution in [-0.4, -0.2) is 50.9 Å². The van der Waals surface area contributed by atoms with Crippen molar-refractivity contribution in [3.63, 3.8) is 0 Å². The van der Waals surface area contributed by atoms with Crippen LogP contribution >= 0.6 is 11.3 Å². The molecule has 2 N–H and O–H groups in total. The van der Waals surface area contributed by atoms with Crippen molar-refractivity contribution in [2.45, 2.75) is 44.3 Å². The van der Waals surface area contributed by atoms with Crippen molar-refractivity contribution < 1.29 is 9.90 Å². The molecule has 6 nitrogen and oxygen atoms in total. The molecule has 26 heavy (non-hydrogen) atoms. The van der Waals surface area contributed by atoms with Gasteiger partial charge in [-0.1, -0.05) is 0 Å². The van der Waals surface area contributed by atoms with Crippen molar-refractivity contribution in [1.29, 1.82) is 0 Å². The van der Waals surface area contributed by atoms with Gasteiger partial charge in [-0.2, -0.15) is 5.10 Å². The van der Waals surface area contributed by atoms with E-state index < -0.39 is 5.97 Å². The zero-order chi connectivity index (χ0) is 18.1. The fourth-order valence-electron chi connectivity index (χ4n) is 3.62. The first-order valence-corrected chi connectivity index (χ1v) is 10.2. The highest BCUT2D eigenvalue weighted by Gasteiger charge is 2.36. The van der Waals surface area contributed by atoms with Crippen LogP contribution in [0.2, 0.25) is 0 Å². The fourth-order valence-corrected chi connectivity index (χ4v) is 4.56. The average molecular weight is 375 g/mol. The maximum Gasteiger partial charge on any atom is 0.317 e. The van der Waals surface area contributed by atoms with E-state index in [1.807, 2.05) is 24.1 Å². The van der Waals surface area contributed by atoms with E-state index in [-0.39, 0.29) is 6.54 Å². The largest absolute Gasteiger partial charge is 0.480 e. The molecule has 2 aliphatic rings.